The summed E-state index contributed by atoms with van der Waals surface area (Å²) in [6.45, 7) is 6.53. The Morgan fingerprint density at radius 1 is 1.16 bits per heavy atom. The molecule has 1 rings (SSSR count). The predicted molar refractivity (Wildman–Crippen MR) is 80.1 cm³/mol. The molecule has 0 aliphatic rings. The first kappa shape index (κ1) is 16.5. The van der Waals surface area contributed by atoms with Crippen LogP contribution in [-0.4, -0.2) is 32.2 Å². The van der Waals surface area contributed by atoms with Crippen LogP contribution < -0.4 is 0 Å². The van der Waals surface area contributed by atoms with Crippen molar-refractivity contribution >= 4 is 21.6 Å². The standard InChI is InChI=1S/C14H22ClNO2S/c1-14(2,3)11-16(4)19(17,18)13-7-5-12(6-8-13)9-10-15/h5-8H,9-11H2,1-4H3. The average molecular weight is 304 g/mol. The van der Waals surface area contributed by atoms with Gasteiger partial charge in [0.15, 0.2) is 0 Å². The van der Waals surface area contributed by atoms with Crippen molar-refractivity contribution in [2.45, 2.75) is 32.1 Å². The Bertz CT molecular complexity index is 503. The Balaban J connectivity index is 2.93. The monoisotopic (exact) mass is 303 g/mol. The quantitative estimate of drug-likeness (QED) is 0.784. The van der Waals surface area contributed by atoms with E-state index in [1.165, 1.54) is 4.31 Å². The smallest absolute Gasteiger partial charge is 0.207 e. The molecule has 0 spiro atoms. The van der Waals surface area contributed by atoms with Gasteiger partial charge in [-0.15, -0.1) is 11.6 Å². The number of aryl methyl sites for hydroxylation is 1. The molecule has 19 heavy (non-hydrogen) atoms. The van der Waals surface area contributed by atoms with E-state index in [4.69, 9.17) is 11.6 Å². The van der Waals surface area contributed by atoms with Crippen molar-refractivity contribution in [1.82, 2.24) is 4.31 Å². The maximum atomic E-state index is 12.4. The Kier molecular flexibility index (Phi) is 5.42. The maximum absolute atomic E-state index is 12.4. The fourth-order valence-electron chi connectivity index (χ4n) is 1.87. The highest BCUT2D eigenvalue weighted by Crippen LogP contribution is 2.21. The van der Waals surface area contributed by atoms with Crippen LogP contribution in [0.15, 0.2) is 29.2 Å². The summed E-state index contributed by atoms with van der Waals surface area (Å²) >= 11 is 5.66. The van der Waals surface area contributed by atoms with Crippen molar-refractivity contribution in [3.8, 4) is 0 Å². The zero-order valence-electron chi connectivity index (χ0n) is 12.0. The van der Waals surface area contributed by atoms with Crippen molar-refractivity contribution in [2.75, 3.05) is 19.5 Å². The molecule has 0 fully saturated rings. The van der Waals surface area contributed by atoms with Crippen molar-refractivity contribution in [2.24, 2.45) is 5.41 Å². The van der Waals surface area contributed by atoms with Gasteiger partial charge in [0.05, 0.1) is 4.90 Å². The van der Waals surface area contributed by atoms with E-state index in [1.807, 2.05) is 32.9 Å². The fourth-order valence-corrected chi connectivity index (χ4v) is 3.49. The van der Waals surface area contributed by atoms with Gasteiger partial charge in [-0.1, -0.05) is 32.9 Å². The minimum absolute atomic E-state index is 0.0691. The van der Waals surface area contributed by atoms with Crippen molar-refractivity contribution in [3.05, 3.63) is 29.8 Å². The van der Waals surface area contributed by atoms with E-state index in [2.05, 4.69) is 0 Å². The molecule has 3 nitrogen and oxygen atoms in total. The first-order chi connectivity index (χ1) is 8.66. The van der Waals surface area contributed by atoms with Gasteiger partial charge in [-0.25, -0.2) is 12.7 Å². The third-order valence-corrected chi connectivity index (χ3v) is 4.72. The van der Waals surface area contributed by atoms with E-state index in [-0.39, 0.29) is 5.41 Å². The largest absolute Gasteiger partial charge is 0.242 e. The molecule has 0 radical (unpaired) electrons. The highest BCUT2D eigenvalue weighted by Gasteiger charge is 2.25. The van der Waals surface area contributed by atoms with Crippen LogP contribution >= 0.6 is 11.6 Å². The Morgan fingerprint density at radius 2 is 1.68 bits per heavy atom. The molecule has 5 heteroatoms. The molecule has 1 aromatic rings. The van der Waals surface area contributed by atoms with E-state index in [0.717, 1.165) is 12.0 Å². The molecule has 1 aromatic carbocycles. The van der Waals surface area contributed by atoms with Gasteiger partial charge in [-0.05, 0) is 29.5 Å². The molecule has 0 bridgehead atoms. The topological polar surface area (TPSA) is 37.4 Å². The molecule has 0 saturated heterocycles. The molecule has 0 aromatic heterocycles. The number of hydrogen-bond acceptors (Lipinski definition) is 2. The second-order valence-corrected chi connectivity index (χ2v) is 8.33. The lowest BCUT2D eigenvalue weighted by atomic mass is 9.97. The molecule has 0 heterocycles. The Labute approximate surface area is 121 Å². The molecule has 0 saturated carbocycles. The second kappa shape index (κ2) is 6.25. The third kappa shape index (κ3) is 4.79. The predicted octanol–water partition coefficient (Wildman–Crippen LogP) is 3.13. The molecule has 108 valence electrons. The lowest BCUT2D eigenvalue weighted by molar-refractivity contribution is 0.311. The zero-order chi connectivity index (χ0) is 14.7. The van der Waals surface area contributed by atoms with Crippen LogP contribution in [0.5, 0.6) is 0 Å². The van der Waals surface area contributed by atoms with Crippen molar-refractivity contribution in [1.29, 1.82) is 0 Å². The number of nitrogens with zero attached hydrogens (tertiary/aromatic N) is 1. The number of alkyl halides is 1. The number of benzene rings is 1. The molecule has 0 amide bonds. The lowest BCUT2D eigenvalue weighted by Gasteiger charge is -2.26. The summed E-state index contributed by atoms with van der Waals surface area (Å²) in [7, 11) is -1.79. The van der Waals surface area contributed by atoms with Gasteiger partial charge in [0.2, 0.25) is 10.0 Å². The Hall–Kier alpha value is -0.580. The van der Waals surface area contributed by atoms with Gasteiger partial charge in [0.1, 0.15) is 0 Å². The molecule has 0 aliphatic heterocycles. The summed E-state index contributed by atoms with van der Waals surface area (Å²) in [6.07, 6.45) is 0.750. The number of rotatable bonds is 5. The normalized spacial score (nSPS) is 12.9. The number of hydrogen-bond donors (Lipinski definition) is 0. The minimum Gasteiger partial charge on any atom is -0.207 e. The Morgan fingerprint density at radius 3 is 2.11 bits per heavy atom. The second-order valence-electron chi connectivity index (χ2n) is 5.90. The van der Waals surface area contributed by atoms with Gasteiger partial charge in [0.25, 0.3) is 0 Å². The van der Waals surface area contributed by atoms with Gasteiger partial charge in [-0.3, -0.25) is 0 Å². The first-order valence-corrected chi connectivity index (χ1v) is 8.25. The summed E-state index contributed by atoms with van der Waals surface area (Å²) in [4.78, 5) is 0.331. The maximum Gasteiger partial charge on any atom is 0.242 e. The van der Waals surface area contributed by atoms with Crippen molar-refractivity contribution in [3.63, 3.8) is 0 Å². The summed E-state index contributed by atoms with van der Waals surface area (Å²) in [5.41, 5.74) is 0.979. The van der Waals surface area contributed by atoms with E-state index in [9.17, 15) is 8.42 Å². The van der Waals surface area contributed by atoms with Gasteiger partial charge in [0, 0.05) is 19.5 Å². The summed E-state index contributed by atoms with van der Waals surface area (Å²) in [5.74, 6) is 0.538. The molecule has 0 N–H and O–H groups in total. The van der Waals surface area contributed by atoms with E-state index < -0.39 is 10.0 Å². The summed E-state index contributed by atoms with van der Waals surface area (Å²) < 4.78 is 26.2. The lowest BCUT2D eigenvalue weighted by Crippen LogP contribution is -2.34. The van der Waals surface area contributed by atoms with E-state index in [1.54, 1.807) is 19.2 Å². The van der Waals surface area contributed by atoms with E-state index in [0.29, 0.717) is 17.3 Å². The van der Waals surface area contributed by atoms with Gasteiger partial charge >= 0.3 is 0 Å². The SMILES string of the molecule is CN(CC(C)(C)C)S(=O)(=O)c1ccc(CCCl)cc1. The van der Waals surface area contributed by atoms with Crippen LogP contribution in [0.25, 0.3) is 0 Å². The third-order valence-electron chi connectivity index (χ3n) is 2.71. The number of sulfonamides is 1. The van der Waals surface area contributed by atoms with Crippen LogP contribution in [0, 0.1) is 5.41 Å². The van der Waals surface area contributed by atoms with Gasteiger partial charge in [-0.2, -0.15) is 0 Å². The van der Waals surface area contributed by atoms with Crippen LogP contribution in [0.1, 0.15) is 26.3 Å². The van der Waals surface area contributed by atoms with Crippen LogP contribution in [-0.2, 0) is 16.4 Å². The van der Waals surface area contributed by atoms with Crippen LogP contribution in [0.3, 0.4) is 0 Å². The average Bonchev–Trinajstić information content (AvgIpc) is 2.28. The van der Waals surface area contributed by atoms with Crippen LogP contribution in [0.4, 0.5) is 0 Å². The van der Waals surface area contributed by atoms with E-state index >= 15 is 0 Å². The fraction of sp³-hybridized carbons (Fsp3) is 0.571. The summed E-state index contributed by atoms with van der Waals surface area (Å²) in [5, 5.41) is 0. The molecular weight excluding hydrogens is 282 g/mol. The highest BCUT2D eigenvalue weighted by molar-refractivity contribution is 7.89. The number of halogens is 1. The first-order valence-electron chi connectivity index (χ1n) is 6.28. The summed E-state index contributed by atoms with van der Waals surface area (Å²) in [6, 6.07) is 6.94. The minimum atomic E-state index is -3.40. The van der Waals surface area contributed by atoms with Gasteiger partial charge < -0.3 is 0 Å². The molecule has 0 aliphatic carbocycles. The molecule has 0 unspecified atom stereocenters. The van der Waals surface area contributed by atoms with Crippen LogP contribution in [0.2, 0.25) is 0 Å². The molecular formula is C14H22ClNO2S. The van der Waals surface area contributed by atoms with Crippen molar-refractivity contribution < 1.29 is 8.42 Å². The highest BCUT2D eigenvalue weighted by atomic mass is 35.5. The zero-order valence-corrected chi connectivity index (χ0v) is 13.6. The molecule has 0 atom stereocenters.